The molecule has 3 rings (SSSR count). The van der Waals surface area contributed by atoms with E-state index < -0.39 is 11.6 Å². The van der Waals surface area contributed by atoms with Crippen LogP contribution in [0, 0.1) is 18.6 Å². The van der Waals surface area contributed by atoms with Crippen molar-refractivity contribution in [2.75, 3.05) is 5.73 Å². The molecule has 3 aromatic rings. The minimum absolute atomic E-state index is 0.121. The van der Waals surface area contributed by atoms with Crippen LogP contribution >= 0.6 is 22.7 Å². The van der Waals surface area contributed by atoms with E-state index in [1.807, 2.05) is 0 Å². The highest BCUT2D eigenvalue weighted by molar-refractivity contribution is 7.24. The first-order chi connectivity index (χ1) is 9.56. The predicted molar refractivity (Wildman–Crippen MR) is 75.5 cm³/mol. The van der Waals surface area contributed by atoms with Crippen molar-refractivity contribution in [1.29, 1.82) is 0 Å². The zero-order valence-electron chi connectivity index (χ0n) is 10.2. The molecule has 2 N–H and O–H groups in total. The smallest absolute Gasteiger partial charge is 0.203 e. The Balaban J connectivity index is 2.14. The van der Waals surface area contributed by atoms with Gasteiger partial charge in [0.05, 0.1) is 16.1 Å². The normalized spacial score (nSPS) is 10.9. The first-order valence-electron chi connectivity index (χ1n) is 5.57. The lowest BCUT2D eigenvalue weighted by Crippen LogP contribution is -1.88. The van der Waals surface area contributed by atoms with Gasteiger partial charge >= 0.3 is 0 Å². The van der Waals surface area contributed by atoms with E-state index in [2.05, 4.69) is 15.2 Å². The molecule has 4 nitrogen and oxygen atoms in total. The van der Waals surface area contributed by atoms with Crippen molar-refractivity contribution in [1.82, 2.24) is 15.2 Å². The van der Waals surface area contributed by atoms with Crippen molar-refractivity contribution in [2.45, 2.75) is 6.92 Å². The Labute approximate surface area is 120 Å². The first kappa shape index (κ1) is 13.1. The van der Waals surface area contributed by atoms with Gasteiger partial charge in [0.1, 0.15) is 16.6 Å². The third-order valence-electron chi connectivity index (χ3n) is 2.61. The highest BCUT2D eigenvalue weighted by atomic mass is 32.1. The SMILES string of the molecule is Cc1nc(-c2c(F)cccc2F)sc1-c1nnc(N)s1. The number of anilines is 1. The number of nitrogens with zero attached hydrogens (tertiary/aromatic N) is 3. The van der Waals surface area contributed by atoms with Gasteiger partial charge in [-0.2, -0.15) is 0 Å². The van der Waals surface area contributed by atoms with Crippen LogP contribution in [0.3, 0.4) is 0 Å². The van der Waals surface area contributed by atoms with Crippen LogP contribution in [0.4, 0.5) is 13.9 Å². The molecule has 20 heavy (non-hydrogen) atoms. The Morgan fingerprint density at radius 1 is 1.05 bits per heavy atom. The van der Waals surface area contributed by atoms with Gasteiger partial charge in [-0.3, -0.25) is 0 Å². The van der Waals surface area contributed by atoms with E-state index >= 15 is 0 Å². The lowest BCUT2D eigenvalue weighted by atomic mass is 10.2. The molecule has 0 fully saturated rings. The zero-order chi connectivity index (χ0) is 14.3. The molecular weight excluding hydrogens is 302 g/mol. The molecule has 1 aromatic carbocycles. The standard InChI is InChI=1S/C12H8F2N4S2/c1-5-9(11-17-18-12(15)20-11)19-10(16-5)8-6(13)3-2-4-7(8)14/h2-4H,1H3,(H2,15,18). The van der Waals surface area contributed by atoms with E-state index in [9.17, 15) is 8.78 Å². The van der Waals surface area contributed by atoms with Crippen LogP contribution in [0.15, 0.2) is 18.2 Å². The third-order valence-corrected chi connectivity index (χ3v) is 4.69. The number of hydrogen-bond donors (Lipinski definition) is 1. The van der Waals surface area contributed by atoms with Crippen LogP contribution in [-0.4, -0.2) is 15.2 Å². The molecule has 0 unspecified atom stereocenters. The first-order valence-corrected chi connectivity index (χ1v) is 7.20. The van der Waals surface area contributed by atoms with Crippen molar-refractivity contribution in [3.63, 3.8) is 0 Å². The molecule has 8 heteroatoms. The molecule has 0 saturated heterocycles. The second-order valence-corrected chi connectivity index (χ2v) is 5.98. The van der Waals surface area contributed by atoms with Gasteiger partial charge in [0, 0.05) is 0 Å². The van der Waals surface area contributed by atoms with Crippen molar-refractivity contribution >= 4 is 27.8 Å². The predicted octanol–water partition coefficient (Wildman–Crippen LogP) is 3.50. The second-order valence-electron chi connectivity index (χ2n) is 3.98. The summed E-state index contributed by atoms with van der Waals surface area (Å²) in [6.07, 6.45) is 0. The minimum atomic E-state index is -0.637. The summed E-state index contributed by atoms with van der Waals surface area (Å²) in [5.74, 6) is -1.27. The van der Waals surface area contributed by atoms with Crippen LogP contribution in [0.5, 0.6) is 0 Å². The Kier molecular flexibility index (Phi) is 3.19. The van der Waals surface area contributed by atoms with Crippen molar-refractivity contribution in [3.8, 4) is 20.5 Å². The van der Waals surface area contributed by atoms with E-state index in [4.69, 9.17) is 5.73 Å². The number of hydrogen-bond acceptors (Lipinski definition) is 6. The lowest BCUT2D eigenvalue weighted by molar-refractivity contribution is 0.589. The van der Waals surface area contributed by atoms with E-state index in [-0.39, 0.29) is 10.6 Å². The fraction of sp³-hybridized carbons (Fsp3) is 0.0833. The molecule has 0 aliphatic rings. The highest BCUT2D eigenvalue weighted by Crippen LogP contribution is 2.38. The van der Waals surface area contributed by atoms with E-state index in [1.165, 1.54) is 40.9 Å². The van der Waals surface area contributed by atoms with E-state index in [1.54, 1.807) is 6.92 Å². The van der Waals surface area contributed by atoms with Crippen molar-refractivity contribution in [3.05, 3.63) is 35.5 Å². The number of rotatable bonds is 2. The topological polar surface area (TPSA) is 64.7 Å². The molecule has 0 amide bonds. The van der Waals surface area contributed by atoms with Crippen LogP contribution in [0.1, 0.15) is 5.69 Å². The number of nitrogen functional groups attached to an aromatic ring is 1. The minimum Gasteiger partial charge on any atom is -0.374 e. The maximum atomic E-state index is 13.8. The van der Waals surface area contributed by atoms with Crippen LogP contribution in [0.2, 0.25) is 0 Å². The van der Waals surface area contributed by atoms with Gasteiger partial charge in [0.15, 0.2) is 5.01 Å². The zero-order valence-corrected chi connectivity index (χ0v) is 11.9. The quantitative estimate of drug-likeness (QED) is 0.787. The average molecular weight is 310 g/mol. The molecule has 102 valence electrons. The fourth-order valence-electron chi connectivity index (χ4n) is 1.73. The van der Waals surface area contributed by atoms with Gasteiger partial charge in [-0.25, -0.2) is 13.8 Å². The van der Waals surface area contributed by atoms with Crippen LogP contribution in [0.25, 0.3) is 20.5 Å². The van der Waals surface area contributed by atoms with Gasteiger partial charge in [-0.05, 0) is 19.1 Å². The maximum Gasteiger partial charge on any atom is 0.203 e. The van der Waals surface area contributed by atoms with Gasteiger partial charge in [-0.1, -0.05) is 17.4 Å². The molecule has 2 heterocycles. The van der Waals surface area contributed by atoms with Crippen molar-refractivity contribution < 1.29 is 8.78 Å². The molecule has 0 atom stereocenters. The third kappa shape index (κ3) is 2.16. The summed E-state index contributed by atoms with van der Waals surface area (Å²) in [7, 11) is 0. The number of aryl methyl sites for hydroxylation is 1. The average Bonchev–Trinajstić information content (AvgIpc) is 2.96. The van der Waals surface area contributed by atoms with Gasteiger partial charge in [-0.15, -0.1) is 21.5 Å². The molecule has 0 aliphatic heterocycles. The summed E-state index contributed by atoms with van der Waals surface area (Å²) < 4.78 is 27.5. The van der Waals surface area contributed by atoms with Crippen molar-refractivity contribution in [2.24, 2.45) is 0 Å². The maximum absolute atomic E-state index is 13.8. The largest absolute Gasteiger partial charge is 0.374 e. The lowest BCUT2D eigenvalue weighted by Gasteiger charge is -1.99. The van der Waals surface area contributed by atoms with Gasteiger partial charge < -0.3 is 5.73 Å². The molecule has 0 spiro atoms. The summed E-state index contributed by atoms with van der Waals surface area (Å²) in [6.45, 7) is 1.76. The number of nitrogens with two attached hydrogens (primary N) is 1. The Hall–Kier alpha value is -1.93. The van der Waals surface area contributed by atoms with E-state index in [0.29, 0.717) is 15.8 Å². The van der Waals surface area contributed by atoms with Crippen LogP contribution in [-0.2, 0) is 0 Å². The number of halogens is 2. The monoisotopic (exact) mass is 310 g/mol. The molecule has 0 saturated carbocycles. The molecule has 0 radical (unpaired) electrons. The van der Waals surface area contributed by atoms with Crippen LogP contribution < -0.4 is 5.73 Å². The summed E-state index contributed by atoms with van der Waals surface area (Å²) in [5, 5.41) is 8.87. The summed E-state index contributed by atoms with van der Waals surface area (Å²) >= 11 is 2.38. The molecule has 0 bridgehead atoms. The number of aromatic nitrogens is 3. The molecule has 2 aromatic heterocycles. The highest BCUT2D eigenvalue weighted by Gasteiger charge is 2.19. The fourth-order valence-corrected chi connectivity index (χ4v) is 3.58. The number of thiazole rings is 1. The summed E-state index contributed by atoms with van der Waals surface area (Å²) in [5.41, 5.74) is 6.06. The second kappa shape index (κ2) is 4.88. The summed E-state index contributed by atoms with van der Waals surface area (Å²) in [6, 6.07) is 3.73. The Bertz CT molecular complexity index is 761. The number of benzene rings is 1. The van der Waals surface area contributed by atoms with Gasteiger partial charge in [0.25, 0.3) is 0 Å². The molecule has 0 aliphatic carbocycles. The molecular formula is C12H8F2N4S2. The Morgan fingerprint density at radius 3 is 2.35 bits per heavy atom. The van der Waals surface area contributed by atoms with Gasteiger partial charge in [0.2, 0.25) is 5.13 Å². The Morgan fingerprint density at radius 2 is 1.75 bits per heavy atom. The van der Waals surface area contributed by atoms with E-state index in [0.717, 1.165) is 4.88 Å². The summed E-state index contributed by atoms with van der Waals surface area (Å²) in [4.78, 5) is 4.94.